The number of carboxylic acid groups (broad SMARTS) is 1. The fraction of sp³-hybridized carbons (Fsp3) is 0.455. The van der Waals surface area contributed by atoms with Crippen molar-refractivity contribution >= 4 is 23.2 Å². The second-order valence-electron chi connectivity index (χ2n) is 3.86. The molecule has 1 amide bonds. The lowest BCUT2D eigenvalue weighted by molar-refractivity contribution is -0.154. The van der Waals surface area contributed by atoms with Crippen molar-refractivity contribution in [3.05, 3.63) is 21.9 Å². The van der Waals surface area contributed by atoms with Gasteiger partial charge in [-0.25, -0.2) is 4.79 Å². The van der Waals surface area contributed by atoms with E-state index in [4.69, 9.17) is 9.84 Å². The van der Waals surface area contributed by atoms with Crippen molar-refractivity contribution in [1.29, 1.82) is 0 Å². The van der Waals surface area contributed by atoms with Crippen molar-refractivity contribution in [3.63, 3.8) is 0 Å². The number of rotatable bonds is 2. The van der Waals surface area contributed by atoms with Gasteiger partial charge in [0.25, 0.3) is 5.91 Å². The Kier molecular flexibility index (Phi) is 3.44. The summed E-state index contributed by atoms with van der Waals surface area (Å²) in [5.41, 5.74) is 0. The van der Waals surface area contributed by atoms with Crippen LogP contribution < -0.4 is 0 Å². The van der Waals surface area contributed by atoms with Crippen LogP contribution in [0.15, 0.2) is 12.1 Å². The maximum absolute atomic E-state index is 12.1. The molecule has 1 N–H and O–H groups in total. The van der Waals surface area contributed by atoms with Crippen LogP contribution in [0.3, 0.4) is 0 Å². The Morgan fingerprint density at radius 3 is 2.88 bits per heavy atom. The van der Waals surface area contributed by atoms with Crippen LogP contribution >= 0.6 is 11.3 Å². The molecular weight excluding hydrogens is 242 g/mol. The highest BCUT2D eigenvalue weighted by atomic mass is 32.1. The van der Waals surface area contributed by atoms with Crippen LogP contribution in [0.2, 0.25) is 0 Å². The lowest BCUT2D eigenvalue weighted by Gasteiger charge is -2.30. The Morgan fingerprint density at radius 2 is 2.29 bits per heavy atom. The molecule has 5 nitrogen and oxygen atoms in total. The SMILES string of the molecule is Cc1ccc(C(=O)N2CCO[C@H](C(=O)O)C2)s1. The van der Waals surface area contributed by atoms with Gasteiger partial charge in [0.05, 0.1) is 18.0 Å². The summed E-state index contributed by atoms with van der Waals surface area (Å²) in [6.45, 7) is 2.76. The molecule has 0 unspecified atom stereocenters. The Morgan fingerprint density at radius 1 is 1.53 bits per heavy atom. The average Bonchev–Trinajstić information content (AvgIpc) is 2.75. The number of ether oxygens (including phenoxy) is 1. The highest BCUT2D eigenvalue weighted by Gasteiger charge is 2.29. The van der Waals surface area contributed by atoms with Crippen LogP contribution in [0, 0.1) is 6.92 Å². The topological polar surface area (TPSA) is 66.8 Å². The molecule has 0 saturated carbocycles. The molecule has 1 aliphatic heterocycles. The monoisotopic (exact) mass is 255 g/mol. The Hall–Kier alpha value is -1.40. The third kappa shape index (κ3) is 2.65. The number of carbonyl (C=O) groups excluding carboxylic acids is 1. The molecule has 1 aromatic heterocycles. The Bertz CT molecular complexity index is 442. The van der Waals surface area contributed by atoms with Gasteiger partial charge in [0.1, 0.15) is 0 Å². The van der Waals surface area contributed by atoms with Gasteiger partial charge in [-0.1, -0.05) is 0 Å². The molecule has 0 radical (unpaired) electrons. The second kappa shape index (κ2) is 4.85. The van der Waals surface area contributed by atoms with Crippen LogP contribution in [0.4, 0.5) is 0 Å². The summed E-state index contributed by atoms with van der Waals surface area (Å²) in [6.07, 6.45) is -0.909. The number of thiophene rings is 1. The number of hydrogen-bond acceptors (Lipinski definition) is 4. The molecule has 1 fully saturated rings. The molecule has 0 bridgehead atoms. The summed E-state index contributed by atoms with van der Waals surface area (Å²) in [4.78, 5) is 26.1. The molecule has 0 aliphatic carbocycles. The molecule has 2 heterocycles. The molecule has 2 rings (SSSR count). The van der Waals surface area contributed by atoms with Crippen molar-refractivity contribution < 1.29 is 19.4 Å². The van der Waals surface area contributed by atoms with Crippen LogP contribution in [0.5, 0.6) is 0 Å². The lowest BCUT2D eigenvalue weighted by atomic mass is 10.2. The fourth-order valence-corrected chi connectivity index (χ4v) is 2.52. The summed E-state index contributed by atoms with van der Waals surface area (Å²) in [6, 6.07) is 3.65. The normalized spacial score (nSPS) is 20.3. The first kappa shape index (κ1) is 12.1. The molecule has 6 heteroatoms. The molecule has 17 heavy (non-hydrogen) atoms. The van der Waals surface area contributed by atoms with Gasteiger partial charge in [0.15, 0.2) is 6.10 Å². The molecule has 92 valence electrons. The number of aryl methyl sites for hydroxylation is 1. The zero-order valence-corrected chi connectivity index (χ0v) is 10.2. The second-order valence-corrected chi connectivity index (χ2v) is 5.15. The van der Waals surface area contributed by atoms with Crippen molar-refractivity contribution in [2.45, 2.75) is 13.0 Å². The zero-order valence-electron chi connectivity index (χ0n) is 9.38. The van der Waals surface area contributed by atoms with E-state index in [0.717, 1.165) is 4.88 Å². The van der Waals surface area contributed by atoms with Crippen molar-refractivity contribution in [1.82, 2.24) is 4.90 Å². The number of carboxylic acids is 1. The van der Waals surface area contributed by atoms with E-state index in [1.165, 1.54) is 16.2 Å². The largest absolute Gasteiger partial charge is 0.479 e. The molecule has 0 aromatic carbocycles. The van der Waals surface area contributed by atoms with E-state index < -0.39 is 12.1 Å². The van der Waals surface area contributed by atoms with Crippen LogP contribution in [-0.2, 0) is 9.53 Å². The van der Waals surface area contributed by atoms with Gasteiger partial charge in [0, 0.05) is 11.4 Å². The Labute approximate surface area is 103 Å². The summed E-state index contributed by atoms with van der Waals surface area (Å²) in [5.74, 6) is -1.14. The van der Waals surface area contributed by atoms with E-state index in [9.17, 15) is 9.59 Å². The Balaban J connectivity index is 2.07. The lowest BCUT2D eigenvalue weighted by Crippen LogP contribution is -2.48. The minimum Gasteiger partial charge on any atom is -0.479 e. The fourth-order valence-electron chi connectivity index (χ4n) is 1.69. The average molecular weight is 255 g/mol. The van der Waals surface area contributed by atoms with Crippen molar-refractivity contribution in [2.75, 3.05) is 19.7 Å². The van der Waals surface area contributed by atoms with E-state index >= 15 is 0 Å². The first-order valence-electron chi connectivity index (χ1n) is 5.28. The van der Waals surface area contributed by atoms with Gasteiger partial charge >= 0.3 is 5.97 Å². The van der Waals surface area contributed by atoms with E-state index in [2.05, 4.69) is 0 Å². The minimum absolute atomic E-state index is 0.113. The molecule has 1 atom stereocenters. The third-order valence-corrected chi connectivity index (χ3v) is 3.57. The van der Waals surface area contributed by atoms with Crippen LogP contribution in [0.25, 0.3) is 0 Å². The quantitative estimate of drug-likeness (QED) is 0.855. The van der Waals surface area contributed by atoms with E-state index in [1.54, 1.807) is 6.07 Å². The predicted octanol–water partition coefficient (Wildman–Crippen LogP) is 0.982. The van der Waals surface area contributed by atoms with Crippen molar-refractivity contribution in [2.24, 2.45) is 0 Å². The zero-order chi connectivity index (χ0) is 12.4. The maximum Gasteiger partial charge on any atom is 0.334 e. The number of carbonyl (C=O) groups is 2. The first-order valence-corrected chi connectivity index (χ1v) is 6.09. The summed E-state index contributed by atoms with van der Waals surface area (Å²) < 4.78 is 5.07. The highest BCUT2D eigenvalue weighted by Crippen LogP contribution is 2.18. The minimum atomic E-state index is -1.02. The number of hydrogen-bond donors (Lipinski definition) is 1. The van der Waals surface area contributed by atoms with Gasteiger partial charge in [-0.2, -0.15) is 0 Å². The molecule has 1 saturated heterocycles. The summed E-state index contributed by atoms with van der Waals surface area (Å²) in [5, 5.41) is 8.85. The number of nitrogens with zero attached hydrogens (tertiary/aromatic N) is 1. The molecule has 1 aliphatic rings. The third-order valence-electron chi connectivity index (χ3n) is 2.58. The predicted molar refractivity (Wildman–Crippen MR) is 62.3 cm³/mol. The standard InChI is InChI=1S/C11H13NO4S/c1-7-2-3-9(17-7)10(13)12-4-5-16-8(6-12)11(14)15/h2-3,8H,4-6H2,1H3,(H,14,15)/t8-/m0/s1. The molecule has 1 aromatic rings. The van der Waals surface area contributed by atoms with E-state index in [1.807, 2.05) is 13.0 Å². The highest BCUT2D eigenvalue weighted by molar-refractivity contribution is 7.13. The van der Waals surface area contributed by atoms with Gasteiger partial charge in [0.2, 0.25) is 0 Å². The van der Waals surface area contributed by atoms with E-state index in [-0.39, 0.29) is 19.1 Å². The molecule has 0 spiro atoms. The van der Waals surface area contributed by atoms with Crippen LogP contribution in [0.1, 0.15) is 14.5 Å². The summed E-state index contributed by atoms with van der Waals surface area (Å²) in [7, 11) is 0. The van der Waals surface area contributed by atoms with Crippen molar-refractivity contribution in [3.8, 4) is 0 Å². The maximum atomic E-state index is 12.1. The van der Waals surface area contributed by atoms with E-state index in [0.29, 0.717) is 11.4 Å². The number of amides is 1. The van der Waals surface area contributed by atoms with Gasteiger partial charge < -0.3 is 14.7 Å². The van der Waals surface area contributed by atoms with Gasteiger partial charge in [-0.05, 0) is 19.1 Å². The number of aliphatic carboxylic acids is 1. The van der Waals surface area contributed by atoms with Gasteiger partial charge in [-0.3, -0.25) is 4.79 Å². The number of morpholine rings is 1. The molecular formula is C11H13NO4S. The summed E-state index contributed by atoms with van der Waals surface area (Å²) >= 11 is 1.42. The van der Waals surface area contributed by atoms with Crippen LogP contribution in [-0.4, -0.2) is 47.7 Å². The first-order chi connectivity index (χ1) is 8.08. The van der Waals surface area contributed by atoms with Gasteiger partial charge in [-0.15, -0.1) is 11.3 Å². The smallest absolute Gasteiger partial charge is 0.334 e.